The topological polar surface area (TPSA) is 84.9 Å². The van der Waals surface area contributed by atoms with Crippen LogP contribution in [0.2, 0.25) is 0 Å². The van der Waals surface area contributed by atoms with E-state index < -0.39 is 24.3 Å². The number of aliphatic hydroxyl groups excluding tert-OH is 1. The Balaban J connectivity index is 1.74. The number of hydrogen-bond acceptors (Lipinski definition) is 6. The molecule has 19 heavy (non-hydrogen) atoms. The maximum atomic E-state index is 11.5. The molecular weight excluding hydrogens is 250 g/mol. The lowest BCUT2D eigenvalue weighted by atomic mass is 10.2. The van der Waals surface area contributed by atoms with Crippen LogP contribution in [0.4, 0.5) is 4.79 Å². The van der Waals surface area contributed by atoms with Crippen LogP contribution in [0.25, 0.3) is 0 Å². The predicted octanol–water partition coefficient (Wildman–Crippen LogP) is 0.589. The fourth-order valence-electron chi connectivity index (χ4n) is 1.80. The Hall–Kier alpha value is -1.92. The standard InChI is InChI=1S/C13H15NO5/c15-10-6-11(14-7-10)12(16)19-13(17)18-8-9-4-2-1-3-5-9/h1-5,10-11,14-15H,6-8H2/t10-,11+/m1/s1. The summed E-state index contributed by atoms with van der Waals surface area (Å²) in [5.74, 6) is -0.727. The maximum Gasteiger partial charge on any atom is 0.516 e. The van der Waals surface area contributed by atoms with Crippen molar-refractivity contribution < 1.29 is 24.2 Å². The minimum absolute atomic E-state index is 0.0493. The number of ether oxygens (including phenoxy) is 2. The van der Waals surface area contributed by atoms with E-state index in [1.54, 1.807) is 12.1 Å². The van der Waals surface area contributed by atoms with Crippen LogP contribution in [0.3, 0.4) is 0 Å². The Morgan fingerprint density at radius 1 is 1.32 bits per heavy atom. The third-order valence-corrected chi connectivity index (χ3v) is 2.78. The van der Waals surface area contributed by atoms with Crippen LogP contribution in [-0.2, 0) is 20.9 Å². The monoisotopic (exact) mass is 265 g/mol. The lowest BCUT2D eigenvalue weighted by Crippen LogP contribution is -2.33. The Kier molecular flexibility index (Phi) is 4.48. The fourth-order valence-corrected chi connectivity index (χ4v) is 1.80. The highest BCUT2D eigenvalue weighted by atomic mass is 16.7. The number of aliphatic hydroxyl groups is 1. The van der Waals surface area contributed by atoms with E-state index >= 15 is 0 Å². The highest BCUT2D eigenvalue weighted by Gasteiger charge is 2.31. The second-order valence-corrected chi connectivity index (χ2v) is 4.30. The molecule has 0 aliphatic carbocycles. The predicted molar refractivity (Wildman–Crippen MR) is 65.1 cm³/mol. The summed E-state index contributed by atoms with van der Waals surface area (Å²) in [5, 5.41) is 12.0. The van der Waals surface area contributed by atoms with Crippen LogP contribution < -0.4 is 5.32 Å². The smallest absolute Gasteiger partial charge is 0.429 e. The van der Waals surface area contributed by atoms with Gasteiger partial charge in [0.25, 0.3) is 0 Å². The number of carbonyl (C=O) groups excluding carboxylic acids is 2. The van der Waals surface area contributed by atoms with Gasteiger partial charge in [0.1, 0.15) is 12.6 Å². The molecule has 2 rings (SSSR count). The SMILES string of the molecule is O=C(OCc1ccccc1)OC(=O)[C@@H]1C[C@@H](O)CN1. The molecule has 2 atom stereocenters. The van der Waals surface area contributed by atoms with Gasteiger partial charge in [0.2, 0.25) is 0 Å². The zero-order valence-electron chi connectivity index (χ0n) is 10.2. The van der Waals surface area contributed by atoms with Gasteiger partial charge in [0.15, 0.2) is 0 Å². The molecule has 1 saturated heterocycles. The first-order chi connectivity index (χ1) is 9.15. The molecular formula is C13H15NO5. The number of rotatable bonds is 3. The van der Waals surface area contributed by atoms with E-state index in [9.17, 15) is 14.7 Å². The molecule has 2 N–H and O–H groups in total. The molecule has 1 aromatic rings. The lowest BCUT2D eigenvalue weighted by molar-refractivity contribution is -0.142. The van der Waals surface area contributed by atoms with E-state index in [-0.39, 0.29) is 13.0 Å². The first kappa shape index (κ1) is 13.5. The van der Waals surface area contributed by atoms with Crippen LogP contribution in [-0.4, -0.2) is 35.9 Å². The highest BCUT2D eigenvalue weighted by Crippen LogP contribution is 2.09. The van der Waals surface area contributed by atoms with E-state index in [4.69, 9.17) is 4.74 Å². The van der Waals surface area contributed by atoms with Gasteiger partial charge >= 0.3 is 12.1 Å². The third kappa shape index (κ3) is 4.04. The number of esters is 1. The molecule has 1 fully saturated rings. The van der Waals surface area contributed by atoms with Gasteiger partial charge in [-0.3, -0.25) is 0 Å². The summed E-state index contributed by atoms with van der Waals surface area (Å²) >= 11 is 0. The van der Waals surface area contributed by atoms with Crippen LogP contribution >= 0.6 is 0 Å². The van der Waals surface area contributed by atoms with Crippen molar-refractivity contribution in [2.24, 2.45) is 0 Å². The zero-order chi connectivity index (χ0) is 13.7. The van der Waals surface area contributed by atoms with Gasteiger partial charge in [-0.2, -0.15) is 0 Å². The zero-order valence-corrected chi connectivity index (χ0v) is 10.2. The molecule has 0 spiro atoms. The summed E-state index contributed by atoms with van der Waals surface area (Å²) in [5.41, 5.74) is 0.807. The van der Waals surface area contributed by atoms with Crippen LogP contribution in [0, 0.1) is 0 Å². The lowest BCUT2D eigenvalue weighted by Gasteiger charge is -2.09. The average Bonchev–Trinajstić information content (AvgIpc) is 2.84. The maximum absolute atomic E-state index is 11.5. The number of β-amino-alcohol motifs (C(OH)–C–C–N with tert-alkyl or cyclic N) is 1. The number of carbonyl (C=O) groups is 2. The van der Waals surface area contributed by atoms with Gasteiger partial charge in [-0.15, -0.1) is 0 Å². The summed E-state index contributed by atoms with van der Waals surface area (Å²) in [4.78, 5) is 22.8. The summed E-state index contributed by atoms with van der Waals surface area (Å²) < 4.78 is 9.34. The minimum atomic E-state index is -1.03. The molecule has 102 valence electrons. The molecule has 0 saturated carbocycles. The highest BCUT2D eigenvalue weighted by molar-refractivity contribution is 5.85. The minimum Gasteiger partial charge on any atom is -0.429 e. The van der Waals surface area contributed by atoms with Crippen molar-refractivity contribution in [1.82, 2.24) is 5.32 Å². The van der Waals surface area contributed by atoms with E-state index in [0.717, 1.165) is 5.56 Å². The Morgan fingerprint density at radius 3 is 2.68 bits per heavy atom. The van der Waals surface area contributed by atoms with Crippen molar-refractivity contribution in [2.45, 2.75) is 25.2 Å². The van der Waals surface area contributed by atoms with E-state index in [1.807, 2.05) is 18.2 Å². The van der Waals surface area contributed by atoms with Crippen molar-refractivity contribution >= 4 is 12.1 Å². The van der Waals surface area contributed by atoms with E-state index in [0.29, 0.717) is 6.54 Å². The summed E-state index contributed by atoms with van der Waals surface area (Å²) in [6.07, 6.45) is -1.37. The normalized spacial score (nSPS) is 21.9. The molecule has 0 aromatic heterocycles. The van der Waals surface area contributed by atoms with Gasteiger partial charge in [0.05, 0.1) is 6.10 Å². The molecule has 0 bridgehead atoms. The summed E-state index contributed by atoms with van der Waals surface area (Å²) in [7, 11) is 0. The molecule has 0 amide bonds. The van der Waals surface area contributed by atoms with Crippen molar-refractivity contribution in [3.63, 3.8) is 0 Å². The Bertz CT molecular complexity index is 448. The molecule has 1 heterocycles. The summed E-state index contributed by atoms with van der Waals surface area (Å²) in [6, 6.07) is 8.42. The van der Waals surface area contributed by atoms with Gasteiger partial charge in [-0.25, -0.2) is 9.59 Å². The van der Waals surface area contributed by atoms with Crippen molar-refractivity contribution in [2.75, 3.05) is 6.54 Å². The molecule has 0 unspecified atom stereocenters. The molecule has 6 nitrogen and oxygen atoms in total. The molecule has 1 aromatic carbocycles. The fraction of sp³-hybridized carbons (Fsp3) is 0.385. The van der Waals surface area contributed by atoms with Crippen molar-refractivity contribution in [3.8, 4) is 0 Å². The van der Waals surface area contributed by atoms with Gasteiger partial charge in [-0.1, -0.05) is 30.3 Å². The van der Waals surface area contributed by atoms with Crippen LogP contribution in [0.15, 0.2) is 30.3 Å². The number of hydrogen-bond donors (Lipinski definition) is 2. The number of nitrogens with one attached hydrogen (secondary N) is 1. The van der Waals surface area contributed by atoms with Gasteiger partial charge < -0.3 is 19.9 Å². The first-order valence-corrected chi connectivity index (χ1v) is 5.99. The van der Waals surface area contributed by atoms with E-state index in [2.05, 4.69) is 10.1 Å². The second kappa shape index (κ2) is 6.31. The number of benzene rings is 1. The third-order valence-electron chi connectivity index (χ3n) is 2.78. The molecule has 1 aliphatic heterocycles. The largest absolute Gasteiger partial charge is 0.516 e. The van der Waals surface area contributed by atoms with Crippen LogP contribution in [0.1, 0.15) is 12.0 Å². The van der Waals surface area contributed by atoms with E-state index in [1.165, 1.54) is 0 Å². The van der Waals surface area contributed by atoms with Crippen molar-refractivity contribution in [3.05, 3.63) is 35.9 Å². The Labute approximate surface area is 110 Å². The Morgan fingerprint density at radius 2 is 2.05 bits per heavy atom. The molecule has 6 heteroatoms. The quantitative estimate of drug-likeness (QED) is 0.614. The average molecular weight is 265 g/mol. The molecule has 1 aliphatic rings. The van der Waals surface area contributed by atoms with Crippen LogP contribution in [0.5, 0.6) is 0 Å². The van der Waals surface area contributed by atoms with Gasteiger partial charge in [0, 0.05) is 13.0 Å². The second-order valence-electron chi connectivity index (χ2n) is 4.30. The first-order valence-electron chi connectivity index (χ1n) is 5.99. The summed E-state index contributed by atoms with van der Waals surface area (Å²) in [6.45, 7) is 0.368. The molecule has 0 radical (unpaired) electrons. The van der Waals surface area contributed by atoms with Gasteiger partial charge in [-0.05, 0) is 5.56 Å². The van der Waals surface area contributed by atoms with Crippen molar-refractivity contribution in [1.29, 1.82) is 0 Å².